The number of carbonyl (C=O) groups excluding carboxylic acids is 1. The summed E-state index contributed by atoms with van der Waals surface area (Å²) in [6.07, 6.45) is 3.40. The van der Waals surface area contributed by atoms with Gasteiger partial charge in [0.2, 0.25) is 11.7 Å². The molecule has 0 spiro atoms. The number of amides is 1. The van der Waals surface area contributed by atoms with Gasteiger partial charge in [0.05, 0.1) is 40.8 Å². The number of hydrogen-bond acceptors (Lipinski definition) is 6. The lowest BCUT2D eigenvalue weighted by molar-refractivity contribution is -0.128. The van der Waals surface area contributed by atoms with Crippen LogP contribution in [0.5, 0.6) is 5.75 Å². The van der Waals surface area contributed by atoms with E-state index in [0.29, 0.717) is 42.1 Å². The van der Waals surface area contributed by atoms with Crippen molar-refractivity contribution in [2.75, 3.05) is 30.3 Å². The van der Waals surface area contributed by atoms with Gasteiger partial charge in [0, 0.05) is 53.4 Å². The van der Waals surface area contributed by atoms with E-state index < -0.39 is 22.8 Å². The van der Waals surface area contributed by atoms with E-state index in [1.165, 1.54) is 28.8 Å². The van der Waals surface area contributed by atoms with E-state index in [2.05, 4.69) is 11.6 Å². The number of fused-ring (bicyclic) bond motifs is 5. The molecule has 1 saturated heterocycles. The largest absolute Gasteiger partial charge is 0.486 e. The molecule has 1 fully saturated rings. The quantitative estimate of drug-likeness (QED) is 0.207. The second kappa shape index (κ2) is 11.5. The molecule has 4 heterocycles. The van der Waals surface area contributed by atoms with E-state index in [9.17, 15) is 9.59 Å². The van der Waals surface area contributed by atoms with Gasteiger partial charge in [-0.05, 0) is 61.7 Å². The number of nitrogen functional groups attached to an aromatic ring is 1. The monoisotopic (exact) mass is 633 g/mol. The number of benzene rings is 2. The van der Waals surface area contributed by atoms with E-state index in [0.717, 1.165) is 0 Å². The highest BCUT2D eigenvalue weighted by atomic mass is 35.5. The van der Waals surface area contributed by atoms with Crippen LogP contribution >= 0.6 is 11.6 Å². The van der Waals surface area contributed by atoms with Crippen LogP contribution in [-0.4, -0.2) is 52.1 Å². The number of nitrogens with zero attached hydrogens (tertiary/aromatic N) is 4. The number of halogens is 3. The van der Waals surface area contributed by atoms with Crippen LogP contribution in [0.1, 0.15) is 44.4 Å². The van der Waals surface area contributed by atoms with E-state index in [-0.39, 0.29) is 63.4 Å². The summed E-state index contributed by atoms with van der Waals surface area (Å²) in [7, 11) is 0. The van der Waals surface area contributed by atoms with Crippen LogP contribution in [0, 0.1) is 18.6 Å². The van der Waals surface area contributed by atoms with Gasteiger partial charge in [-0.2, -0.15) is 0 Å². The Labute approximate surface area is 264 Å². The van der Waals surface area contributed by atoms with E-state index in [4.69, 9.17) is 22.1 Å². The smallest absolute Gasteiger partial charge is 0.300 e. The van der Waals surface area contributed by atoms with Crippen molar-refractivity contribution < 1.29 is 18.3 Å². The zero-order valence-electron chi connectivity index (χ0n) is 25.5. The van der Waals surface area contributed by atoms with Crippen LogP contribution < -0.4 is 20.9 Å². The van der Waals surface area contributed by atoms with Gasteiger partial charge in [-0.25, -0.2) is 8.78 Å². The average molecular weight is 634 g/mol. The lowest BCUT2D eigenvalue weighted by Crippen LogP contribution is -2.59. The Balaban J connectivity index is 1.76. The summed E-state index contributed by atoms with van der Waals surface area (Å²) < 4.78 is 41.0. The van der Waals surface area contributed by atoms with Crippen LogP contribution in [0.15, 0.2) is 54.0 Å². The van der Waals surface area contributed by atoms with Crippen molar-refractivity contribution in [1.82, 2.24) is 14.5 Å². The fraction of sp³-hybridized carbons (Fsp3) is 0.324. The zero-order valence-corrected chi connectivity index (χ0v) is 26.3. The molecule has 1 amide bonds. The molecule has 45 heavy (non-hydrogen) atoms. The highest BCUT2D eigenvalue weighted by Crippen LogP contribution is 2.45. The molecule has 2 aromatic heterocycles. The summed E-state index contributed by atoms with van der Waals surface area (Å²) in [5.41, 5.74) is 7.17. The third-order valence-electron chi connectivity index (χ3n) is 8.75. The molecule has 0 bridgehead atoms. The number of aryl methyl sites for hydroxylation is 1. The number of piperazine rings is 1. The van der Waals surface area contributed by atoms with Crippen molar-refractivity contribution in [3.05, 3.63) is 87.5 Å². The van der Waals surface area contributed by atoms with Crippen LogP contribution in [0.2, 0.25) is 5.02 Å². The lowest BCUT2D eigenvalue weighted by Gasteiger charge is -2.45. The fourth-order valence-corrected chi connectivity index (χ4v) is 6.82. The molecule has 8 nitrogen and oxygen atoms in total. The minimum absolute atomic E-state index is 0.00723. The first-order chi connectivity index (χ1) is 21.4. The number of carbonyl (C=O) groups is 1. The molecular formula is C34H34ClF2N5O3. The van der Waals surface area contributed by atoms with E-state index in [1.807, 2.05) is 32.6 Å². The first-order valence-corrected chi connectivity index (χ1v) is 15.3. The summed E-state index contributed by atoms with van der Waals surface area (Å²) >= 11 is 6.47. The standard InChI is InChI=1S/C34H34ClF2N5O3/c1-6-26(43)40-16-21-10-12-45-33-32(41(21)15-19(40)5)23-14-25(36)27(22-13-20(38)7-8-24(22)35)28(37)31(23)42(34(33)44)30-18(4)9-11-39-29(30)17(2)3/h6-9,11,13-14,17,19,21H,1,10,12,15-16,38H2,2-5H3. The topological polar surface area (TPSA) is 93.7 Å². The van der Waals surface area contributed by atoms with Gasteiger partial charge < -0.3 is 20.3 Å². The number of nitrogens with two attached hydrogens (primary N) is 1. The molecule has 0 aliphatic carbocycles. The van der Waals surface area contributed by atoms with Crippen molar-refractivity contribution in [3.63, 3.8) is 0 Å². The number of ether oxygens (including phenoxy) is 1. The number of hydrogen-bond donors (Lipinski definition) is 1. The third kappa shape index (κ3) is 4.91. The Kier molecular flexibility index (Phi) is 7.81. The Bertz CT molecular complexity index is 1940. The molecule has 2 unspecified atom stereocenters. The summed E-state index contributed by atoms with van der Waals surface area (Å²) in [5, 5.41) is 0.259. The summed E-state index contributed by atoms with van der Waals surface area (Å²) in [4.78, 5) is 35.6. The van der Waals surface area contributed by atoms with Gasteiger partial charge in [-0.15, -0.1) is 0 Å². The molecule has 11 heteroatoms. The van der Waals surface area contributed by atoms with Crippen LogP contribution in [0.4, 0.5) is 20.2 Å². The van der Waals surface area contributed by atoms with Gasteiger partial charge in [0.25, 0.3) is 5.56 Å². The first-order valence-electron chi connectivity index (χ1n) is 14.9. The molecular weight excluding hydrogens is 600 g/mol. The molecule has 2 N–H and O–H groups in total. The Morgan fingerprint density at radius 2 is 1.96 bits per heavy atom. The van der Waals surface area contributed by atoms with Crippen molar-refractivity contribution in [3.8, 4) is 22.6 Å². The number of pyridine rings is 2. The Hall–Kier alpha value is -4.44. The molecule has 2 aromatic carbocycles. The van der Waals surface area contributed by atoms with E-state index >= 15 is 8.78 Å². The molecule has 2 aliphatic heterocycles. The SMILES string of the molecule is C=CC(=O)N1CC2CCOc3c(c4cc(F)c(-c5cc(N)ccc5Cl)c(F)c4n(-c4c(C)ccnc4C(C)C)c3=O)N2CC1C. The number of rotatable bonds is 4. The normalized spacial score (nSPS) is 18.0. The molecule has 4 aromatic rings. The molecule has 234 valence electrons. The predicted octanol–water partition coefficient (Wildman–Crippen LogP) is 6.37. The van der Waals surface area contributed by atoms with Crippen molar-refractivity contribution in [2.24, 2.45) is 0 Å². The Morgan fingerprint density at radius 1 is 1.20 bits per heavy atom. The van der Waals surface area contributed by atoms with Crippen LogP contribution in [-0.2, 0) is 4.79 Å². The molecule has 0 saturated carbocycles. The minimum atomic E-state index is -0.968. The van der Waals surface area contributed by atoms with Gasteiger partial charge >= 0.3 is 0 Å². The summed E-state index contributed by atoms with van der Waals surface area (Å²) in [5.74, 6) is -2.19. The maximum absolute atomic E-state index is 17.3. The predicted molar refractivity (Wildman–Crippen MR) is 174 cm³/mol. The average Bonchev–Trinajstić information content (AvgIpc) is 3.18. The molecule has 6 rings (SSSR count). The lowest BCUT2D eigenvalue weighted by atomic mass is 9.97. The highest BCUT2D eigenvalue weighted by molar-refractivity contribution is 6.33. The fourth-order valence-electron chi connectivity index (χ4n) is 6.61. The highest BCUT2D eigenvalue weighted by Gasteiger charge is 2.39. The maximum Gasteiger partial charge on any atom is 0.300 e. The number of anilines is 2. The van der Waals surface area contributed by atoms with Crippen molar-refractivity contribution in [1.29, 1.82) is 0 Å². The second-order valence-electron chi connectivity index (χ2n) is 12.0. The third-order valence-corrected chi connectivity index (χ3v) is 9.08. The van der Waals surface area contributed by atoms with E-state index in [1.54, 1.807) is 23.2 Å². The summed E-state index contributed by atoms with van der Waals surface area (Å²) in [6, 6.07) is 6.87. The van der Waals surface area contributed by atoms with Gasteiger partial charge in [-0.1, -0.05) is 32.0 Å². The second-order valence-corrected chi connectivity index (χ2v) is 12.4. The van der Waals surface area contributed by atoms with Crippen LogP contribution in [0.25, 0.3) is 27.7 Å². The maximum atomic E-state index is 17.3. The molecule has 2 aliphatic rings. The van der Waals surface area contributed by atoms with Gasteiger partial charge in [0.1, 0.15) is 5.82 Å². The van der Waals surface area contributed by atoms with Gasteiger partial charge in [0.15, 0.2) is 5.82 Å². The molecule has 0 radical (unpaired) electrons. The molecule has 2 atom stereocenters. The summed E-state index contributed by atoms with van der Waals surface area (Å²) in [6.45, 7) is 12.0. The number of aromatic nitrogens is 2. The first kappa shape index (κ1) is 30.6. The van der Waals surface area contributed by atoms with Crippen molar-refractivity contribution >= 4 is 39.8 Å². The van der Waals surface area contributed by atoms with Crippen LogP contribution in [0.3, 0.4) is 0 Å². The van der Waals surface area contributed by atoms with Gasteiger partial charge in [-0.3, -0.25) is 19.1 Å². The Morgan fingerprint density at radius 3 is 2.67 bits per heavy atom. The van der Waals surface area contributed by atoms with Crippen molar-refractivity contribution in [2.45, 2.75) is 52.1 Å². The zero-order chi connectivity index (χ0) is 32.3. The minimum Gasteiger partial charge on any atom is -0.486 e.